The predicted molar refractivity (Wildman–Crippen MR) is 50.3 cm³/mol. The molecule has 1 aliphatic heterocycles. The fraction of sp³-hybridized carbons (Fsp3) is 0.889. The fourth-order valence-corrected chi connectivity index (χ4v) is 1.32. The van der Waals surface area contributed by atoms with E-state index >= 15 is 0 Å². The number of aliphatic carboxylic acids is 1. The van der Waals surface area contributed by atoms with Crippen molar-refractivity contribution in [1.29, 1.82) is 0 Å². The molecule has 1 heterocycles. The van der Waals surface area contributed by atoms with Crippen LogP contribution in [0.5, 0.6) is 0 Å². The molecule has 5 nitrogen and oxygen atoms in total. The standard InChI is InChI=1S/C9H17NO4/c1-13-4-2-3-10-5-9(8(11)12)6-14-7-9/h10H,2-7H2,1H3,(H,11,12). The number of carboxylic acid groups (broad SMARTS) is 1. The lowest BCUT2D eigenvalue weighted by Crippen LogP contribution is -2.55. The summed E-state index contributed by atoms with van der Waals surface area (Å²) >= 11 is 0. The molecular weight excluding hydrogens is 186 g/mol. The van der Waals surface area contributed by atoms with Crippen molar-refractivity contribution < 1.29 is 19.4 Å². The molecule has 0 spiro atoms. The zero-order valence-corrected chi connectivity index (χ0v) is 8.41. The van der Waals surface area contributed by atoms with E-state index in [9.17, 15) is 4.79 Å². The summed E-state index contributed by atoms with van der Waals surface area (Å²) in [5.74, 6) is -0.775. The molecule has 0 aromatic carbocycles. The predicted octanol–water partition coefficient (Wildman–Crippen LogP) is -0.286. The third-order valence-corrected chi connectivity index (χ3v) is 2.38. The molecule has 2 N–H and O–H groups in total. The van der Waals surface area contributed by atoms with Crippen LogP contribution in [0.2, 0.25) is 0 Å². The topological polar surface area (TPSA) is 67.8 Å². The molecule has 1 fully saturated rings. The molecule has 1 saturated heterocycles. The van der Waals surface area contributed by atoms with Gasteiger partial charge in [-0.1, -0.05) is 0 Å². The maximum absolute atomic E-state index is 10.9. The second-order valence-corrected chi connectivity index (χ2v) is 3.60. The molecule has 0 atom stereocenters. The first-order chi connectivity index (χ1) is 6.71. The molecule has 82 valence electrons. The van der Waals surface area contributed by atoms with Gasteiger partial charge in [-0.3, -0.25) is 4.79 Å². The maximum Gasteiger partial charge on any atom is 0.315 e. The number of ether oxygens (including phenoxy) is 2. The van der Waals surface area contributed by atoms with Crippen LogP contribution < -0.4 is 5.32 Å². The third kappa shape index (κ3) is 2.67. The third-order valence-electron chi connectivity index (χ3n) is 2.38. The second kappa shape index (κ2) is 5.29. The van der Waals surface area contributed by atoms with Gasteiger partial charge in [-0.2, -0.15) is 0 Å². The first-order valence-corrected chi connectivity index (χ1v) is 4.72. The minimum atomic E-state index is -0.775. The Hall–Kier alpha value is -0.650. The number of hydrogen-bond acceptors (Lipinski definition) is 4. The van der Waals surface area contributed by atoms with Crippen LogP contribution in [0, 0.1) is 5.41 Å². The summed E-state index contributed by atoms with van der Waals surface area (Å²) in [6.07, 6.45) is 0.896. The highest BCUT2D eigenvalue weighted by atomic mass is 16.5. The Morgan fingerprint density at radius 1 is 1.64 bits per heavy atom. The van der Waals surface area contributed by atoms with Crippen molar-refractivity contribution in [3.8, 4) is 0 Å². The van der Waals surface area contributed by atoms with Gasteiger partial charge in [-0.25, -0.2) is 0 Å². The van der Waals surface area contributed by atoms with E-state index in [2.05, 4.69) is 5.32 Å². The quantitative estimate of drug-likeness (QED) is 0.557. The molecule has 0 amide bonds. The normalized spacial score (nSPS) is 18.9. The van der Waals surface area contributed by atoms with Gasteiger partial charge in [0.2, 0.25) is 0 Å². The smallest absolute Gasteiger partial charge is 0.315 e. The van der Waals surface area contributed by atoms with Crippen LogP contribution >= 0.6 is 0 Å². The average Bonchev–Trinajstić information content (AvgIpc) is 2.07. The fourth-order valence-electron chi connectivity index (χ4n) is 1.32. The van der Waals surface area contributed by atoms with E-state index in [0.717, 1.165) is 13.0 Å². The van der Waals surface area contributed by atoms with Gasteiger partial charge >= 0.3 is 5.97 Å². The Morgan fingerprint density at radius 2 is 2.36 bits per heavy atom. The first-order valence-electron chi connectivity index (χ1n) is 4.72. The van der Waals surface area contributed by atoms with Gasteiger partial charge in [0.05, 0.1) is 13.2 Å². The lowest BCUT2D eigenvalue weighted by Gasteiger charge is -2.37. The van der Waals surface area contributed by atoms with Gasteiger partial charge in [0.1, 0.15) is 5.41 Å². The molecule has 5 heteroatoms. The van der Waals surface area contributed by atoms with Gasteiger partial charge in [0.25, 0.3) is 0 Å². The van der Waals surface area contributed by atoms with E-state index in [-0.39, 0.29) is 0 Å². The van der Waals surface area contributed by atoms with Gasteiger partial charge < -0.3 is 19.9 Å². The number of rotatable bonds is 7. The van der Waals surface area contributed by atoms with E-state index in [0.29, 0.717) is 26.4 Å². The molecule has 14 heavy (non-hydrogen) atoms. The van der Waals surface area contributed by atoms with Crippen molar-refractivity contribution >= 4 is 5.97 Å². The summed E-state index contributed by atoms with van der Waals surface area (Å²) in [5, 5.41) is 12.0. The van der Waals surface area contributed by atoms with Crippen LogP contribution in [0.15, 0.2) is 0 Å². The molecule has 1 aliphatic rings. The highest BCUT2D eigenvalue weighted by molar-refractivity contribution is 5.76. The van der Waals surface area contributed by atoms with Crippen molar-refractivity contribution in [2.75, 3.05) is 40.0 Å². The summed E-state index contributed by atoms with van der Waals surface area (Å²) in [5.41, 5.74) is -0.687. The van der Waals surface area contributed by atoms with E-state index < -0.39 is 11.4 Å². The molecule has 0 saturated carbocycles. The van der Waals surface area contributed by atoms with Crippen molar-refractivity contribution in [2.45, 2.75) is 6.42 Å². The lowest BCUT2D eigenvalue weighted by molar-refractivity contribution is -0.178. The number of methoxy groups -OCH3 is 1. The van der Waals surface area contributed by atoms with Crippen LogP contribution in [-0.4, -0.2) is 51.1 Å². The lowest BCUT2D eigenvalue weighted by atomic mass is 9.86. The zero-order valence-electron chi connectivity index (χ0n) is 8.41. The summed E-state index contributed by atoms with van der Waals surface area (Å²) < 4.78 is 9.81. The van der Waals surface area contributed by atoms with Crippen molar-refractivity contribution in [2.24, 2.45) is 5.41 Å². The van der Waals surface area contributed by atoms with Gasteiger partial charge in [-0.15, -0.1) is 0 Å². The minimum Gasteiger partial charge on any atom is -0.481 e. The Kier molecular flexibility index (Phi) is 4.31. The zero-order chi connectivity index (χ0) is 10.4. The Balaban J connectivity index is 2.12. The molecule has 1 rings (SSSR count). The van der Waals surface area contributed by atoms with Crippen LogP contribution in [0.3, 0.4) is 0 Å². The maximum atomic E-state index is 10.9. The van der Waals surface area contributed by atoms with E-state index in [1.54, 1.807) is 7.11 Å². The Morgan fingerprint density at radius 3 is 2.79 bits per heavy atom. The largest absolute Gasteiger partial charge is 0.481 e. The highest BCUT2D eigenvalue weighted by Gasteiger charge is 2.45. The van der Waals surface area contributed by atoms with E-state index in [4.69, 9.17) is 14.6 Å². The molecule has 0 radical (unpaired) electrons. The summed E-state index contributed by atoms with van der Waals surface area (Å²) in [6.45, 7) is 2.59. The molecular formula is C9H17NO4. The molecule has 0 unspecified atom stereocenters. The monoisotopic (exact) mass is 203 g/mol. The molecule has 0 aromatic rings. The number of carboxylic acids is 1. The molecule has 0 aromatic heterocycles. The average molecular weight is 203 g/mol. The van der Waals surface area contributed by atoms with Crippen LogP contribution in [0.1, 0.15) is 6.42 Å². The van der Waals surface area contributed by atoms with Crippen LogP contribution in [-0.2, 0) is 14.3 Å². The minimum absolute atomic E-state index is 0.319. The number of hydrogen-bond donors (Lipinski definition) is 2. The highest BCUT2D eigenvalue weighted by Crippen LogP contribution is 2.26. The van der Waals surface area contributed by atoms with Crippen molar-refractivity contribution in [3.63, 3.8) is 0 Å². The Bertz CT molecular complexity index is 191. The molecule has 0 bridgehead atoms. The Labute approximate surface area is 83.4 Å². The van der Waals surface area contributed by atoms with Gasteiger partial charge in [-0.05, 0) is 13.0 Å². The van der Waals surface area contributed by atoms with Gasteiger partial charge in [0, 0.05) is 20.3 Å². The van der Waals surface area contributed by atoms with Gasteiger partial charge in [0.15, 0.2) is 0 Å². The number of nitrogens with one attached hydrogen (secondary N) is 1. The SMILES string of the molecule is COCCCNCC1(C(=O)O)COC1. The number of carbonyl (C=O) groups is 1. The van der Waals surface area contributed by atoms with Crippen LogP contribution in [0.4, 0.5) is 0 Å². The molecule has 0 aliphatic carbocycles. The van der Waals surface area contributed by atoms with Crippen molar-refractivity contribution in [3.05, 3.63) is 0 Å². The second-order valence-electron chi connectivity index (χ2n) is 3.60. The summed E-state index contributed by atoms with van der Waals surface area (Å²) in [6, 6.07) is 0. The van der Waals surface area contributed by atoms with E-state index in [1.165, 1.54) is 0 Å². The van der Waals surface area contributed by atoms with Crippen molar-refractivity contribution in [1.82, 2.24) is 5.32 Å². The van der Waals surface area contributed by atoms with E-state index in [1.807, 2.05) is 0 Å². The summed E-state index contributed by atoms with van der Waals surface area (Å²) in [7, 11) is 1.65. The first kappa shape index (κ1) is 11.4. The summed E-state index contributed by atoms with van der Waals surface area (Å²) in [4.78, 5) is 10.9. The van der Waals surface area contributed by atoms with Crippen LogP contribution in [0.25, 0.3) is 0 Å².